The van der Waals surface area contributed by atoms with E-state index in [0.717, 1.165) is 17.7 Å². The van der Waals surface area contributed by atoms with Crippen LogP contribution in [-0.2, 0) is 23.4 Å². The number of aromatic nitrogens is 2. The normalized spacial score (nSPS) is 29.2. The van der Waals surface area contributed by atoms with E-state index in [9.17, 15) is 24.4 Å². The van der Waals surface area contributed by atoms with Crippen molar-refractivity contribution in [2.75, 3.05) is 12.3 Å². The summed E-state index contributed by atoms with van der Waals surface area (Å²) >= 11 is 0. The molecule has 0 saturated carbocycles. The second kappa shape index (κ2) is 10.3. The van der Waals surface area contributed by atoms with Crippen molar-refractivity contribution in [1.29, 1.82) is 0 Å². The zero-order chi connectivity index (χ0) is 24.3. The van der Waals surface area contributed by atoms with E-state index in [1.807, 2.05) is 13.8 Å². The quantitative estimate of drug-likeness (QED) is 0.272. The fourth-order valence-corrected chi connectivity index (χ4v) is 3.90. The monoisotopic (exact) mass is 479 g/mol. The minimum Gasteiger partial charge on any atom is -0.461 e. The number of rotatable bonds is 10. The molecule has 0 spiro atoms. The van der Waals surface area contributed by atoms with Gasteiger partial charge in [0.1, 0.15) is 29.7 Å². The lowest BCUT2D eigenvalue weighted by molar-refractivity contribution is -0.202. The van der Waals surface area contributed by atoms with Gasteiger partial charge in [0, 0.05) is 6.20 Å². The van der Waals surface area contributed by atoms with Crippen LogP contribution in [0.2, 0.25) is 0 Å². The Kier molecular flexibility index (Phi) is 8.43. The average molecular weight is 479 g/mol. The Bertz CT molecular complexity index is 896. The van der Waals surface area contributed by atoms with Gasteiger partial charge < -0.3 is 25.4 Å². The third kappa shape index (κ3) is 5.66. The number of nitrogens with zero attached hydrogens (tertiary/aromatic N) is 2. The molecule has 0 aliphatic carbocycles. The zero-order valence-corrected chi connectivity index (χ0v) is 19.1. The Morgan fingerprint density at radius 3 is 2.69 bits per heavy atom. The number of hydrogen-bond donors (Lipinski definition) is 4. The molecule has 5 N–H and O–H groups in total. The van der Waals surface area contributed by atoms with E-state index in [1.54, 1.807) is 0 Å². The summed E-state index contributed by atoms with van der Waals surface area (Å²) in [6, 6.07) is 0.213. The average Bonchev–Trinajstić information content (AvgIpc) is 2.91. The van der Waals surface area contributed by atoms with Gasteiger partial charge in [0.2, 0.25) is 0 Å². The number of nitrogens with two attached hydrogens (primary N) is 1. The first-order valence-electron chi connectivity index (χ1n) is 10.0. The fraction of sp³-hybridized carbons (Fsp3) is 0.722. The van der Waals surface area contributed by atoms with Crippen molar-refractivity contribution in [3.63, 3.8) is 0 Å². The standard InChI is InChI=1S/C18H28FN4O8P/c1-5-11(6-2)30-13(24)10(3)22-32(28)29-9-18(19)14(25)17(4,27)15(31-18)23-8-7-12(20)21-16(23)26/h7-8,10-11,14-15,25,27H,5-6,9H2,1-4H3,(H2-,20,21,22,26,28)/p+1/t10-,14-,15+,17+,18+/m0/s1. The molecule has 1 aliphatic rings. The van der Waals surface area contributed by atoms with E-state index >= 15 is 4.39 Å². The Labute approximate surface area is 184 Å². The van der Waals surface area contributed by atoms with E-state index in [1.165, 1.54) is 13.0 Å². The molecule has 0 radical (unpaired) electrons. The number of alkyl halides is 1. The van der Waals surface area contributed by atoms with Gasteiger partial charge in [0.05, 0.1) is 0 Å². The zero-order valence-electron chi connectivity index (χ0n) is 18.2. The molecule has 1 aromatic heterocycles. The molecule has 12 nitrogen and oxygen atoms in total. The first-order valence-corrected chi connectivity index (χ1v) is 11.2. The molecular weight excluding hydrogens is 450 g/mol. The highest BCUT2D eigenvalue weighted by molar-refractivity contribution is 7.36. The summed E-state index contributed by atoms with van der Waals surface area (Å²) in [6.07, 6.45) is -1.78. The number of carbonyl (C=O) groups excluding carboxylic acids is 1. The molecule has 0 amide bonds. The number of halogens is 1. The van der Waals surface area contributed by atoms with Crippen LogP contribution in [0.25, 0.3) is 0 Å². The van der Waals surface area contributed by atoms with Gasteiger partial charge >= 0.3 is 19.8 Å². The predicted molar refractivity (Wildman–Crippen MR) is 110 cm³/mol. The molecule has 1 saturated heterocycles. The first kappa shape index (κ1) is 26.2. The number of esters is 1. The third-order valence-electron chi connectivity index (χ3n) is 5.10. The number of aliphatic hydroxyl groups excluding tert-OH is 1. The topological polar surface area (TPSA) is 175 Å². The van der Waals surface area contributed by atoms with E-state index in [4.69, 9.17) is 19.7 Å². The fourth-order valence-electron chi connectivity index (χ4n) is 3.11. The van der Waals surface area contributed by atoms with E-state index in [-0.39, 0.29) is 11.9 Å². The van der Waals surface area contributed by atoms with Gasteiger partial charge in [-0.25, -0.2) is 9.18 Å². The van der Waals surface area contributed by atoms with Crippen molar-refractivity contribution in [2.24, 2.45) is 0 Å². The van der Waals surface area contributed by atoms with Crippen LogP contribution in [0.5, 0.6) is 0 Å². The van der Waals surface area contributed by atoms with Crippen LogP contribution < -0.4 is 16.5 Å². The Hall–Kier alpha value is -2.02. The van der Waals surface area contributed by atoms with Crippen LogP contribution in [0.15, 0.2) is 17.1 Å². The van der Waals surface area contributed by atoms with Crippen LogP contribution in [0.1, 0.15) is 46.8 Å². The van der Waals surface area contributed by atoms with Gasteiger partial charge in [0.25, 0.3) is 5.85 Å². The summed E-state index contributed by atoms with van der Waals surface area (Å²) in [5, 5.41) is 23.2. The summed E-state index contributed by atoms with van der Waals surface area (Å²) in [5.41, 5.74) is 2.20. The number of hydrogen-bond acceptors (Lipinski definition) is 10. The Balaban J connectivity index is 2.03. The number of anilines is 1. The van der Waals surface area contributed by atoms with Crippen LogP contribution in [0, 0.1) is 0 Å². The second-order valence-electron chi connectivity index (χ2n) is 7.68. The van der Waals surface area contributed by atoms with Gasteiger partial charge in [-0.2, -0.15) is 4.98 Å². The highest BCUT2D eigenvalue weighted by Crippen LogP contribution is 2.45. The van der Waals surface area contributed by atoms with Crippen molar-refractivity contribution in [1.82, 2.24) is 14.6 Å². The number of nitrogen functional groups attached to an aromatic ring is 1. The van der Waals surface area contributed by atoms with Crippen LogP contribution >= 0.6 is 8.18 Å². The summed E-state index contributed by atoms with van der Waals surface area (Å²) < 4.78 is 43.5. The largest absolute Gasteiger partial charge is 0.614 e. The van der Waals surface area contributed by atoms with Gasteiger partial charge in [-0.3, -0.25) is 9.36 Å². The second-order valence-corrected chi connectivity index (χ2v) is 8.71. The smallest absolute Gasteiger partial charge is 0.461 e. The Morgan fingerprint density at radius 1 is 1.50 bits per heavy atom. The molecule has 1 aromatic rings. The number of nitrogens with one attached hydrogen (secondary N) is 1. The number of aliphatic hydroxyl groups is 2. The van der Waals surface area contributed by atoms with Crippen molar-refractivity contribution < 1.29 is 38.0 Å². The lowest BCUT2D eigenvalue weighted by Gasteiger charge is -2.27. The number of ether oxygens (including phenoxy) is 2. The minimum atomic E-state index is -3.03. The maximum absolute atomic E-state index is 15.3. The minimum absolute atomic E-state index is 0.0980. The lowest BCUT2D eigenvalue weighted by atomic mass is 9.95. The first-order chi connectivity index (χ1) is 14.9. The highest BCUT2D eigenvalue weighted by Gasteiger charge is 2.64. The highest BCUT2D eigenvalue weighted by atomic mass is 31.1. The number of carbonyl (C=O) groups is 1. The van der Waals surface area contributed by atoms with Crippen molar-refractivity contribution in [3.8, 4) is 0 Å². The summed E-state index contributed by atoms with van der Waals surface area (Å²) in [6.45, 7) is 5.09. The molecule has 6 atom stereocenters. The van der Waals surface area contributed by atoms with Gasteiger partial charge in [0.15, 0.2) is 12.8 Å². The maximum atomic E-state index is 15.3. The van der Waals surface area contributed by atoms with Crippen molar-refractivity contribution in [3.05, 3.63) is 22.7 Å². The molecule has 2 rings (SSSR count). The van der Waals surface area contributed by atoms with Gasteiger partial charge in [-0.15, -0.1) is 4.52 Å². The summed E-state index contributed by atoms with van der Waals surface area (Å²) in [4.78, 5) is 27.6. The molecule has 32 heavy (non-hydrogen) atoms. The Morgan fingerprint density at radius 2 is 2.12 bits per heavy atom. The summed E-state index contributed by atoms with van der Waals surface area (Å²) in [7, 11) is -2.77. The van der Waals surface area contributed by atoms with E-state index in [0.29, 0.717) is 12.8 Å². The molecule has 1 unspecified atom stereocenters. The van der Waals surface area contributed by atoms with Crippen LogP contribution in [-0.4, -0.2) is 62.0 Å². The molecule has 180 valence electrons. The van der Waals surface area contributed by atoms with Crippen molar-refractivity contribution >= 4 is 20.0 Å². The van der Waals surface area contributed by atoms with E-state index < -0.39 is 56.3 Å². The molecule has 0 aromatic carbocycles. The molecule has 2 heterocycles. The van der Waals surface area contributed by atoms with Crippen LogP contribution in [0.3, 0.4) is 0 Å². The lowest BCUT2D eigenvalue weighted by Crippen LogP contribution is -2.49. The van der Waals surface area contributed by atoms with Crippen molar-refractivity contribution in [2.45, 2.75) is 76.5 Å². The molecule has 1 fully saturated rings. The predicted octanol–water partition coefficient (Wildman–Crippen LogP) is 0.516. The maximum Gasteiger partial charge on any atom is 0.614 e. The summed E-state index contributed by atoms with van der Waals surface area (Å²) in [5.74, 6) is -3.78. The van der Waals surface area contributed by atoms with Crippen LogP contribution in [0.4, 0.5) is 10.2 Å². The van der Waals surface area contributed by atoms with Gasteiger partial charge in [-0.05, 0) is 37.3 Å². The third-order valence-corrected chi connectivity index (χ3v) is 6.06. The van der Waals surface area contributed by atoms with Gasteiger partial charge in [-0.1, -0.05) is 18.9 Å². The SMILES string of the molecule is CCC(CC)OC(=O)[C@H](C)N[P+](=O)OC[C@@]1(F)O[C@@H](n2ccc(N)nc2=O)[C@](C)(O)[C@@H]1O. The molecular formula is C18H29FN4O8P+. The molecule has 14 heteroatoms. The molecule has 0 bridgehead atoms. The molecule has 1 aliphatic heterocycles. The van der Waals surface area contributed by atoms with E-state index in [2.05, 4.69) is 10.1 Å².